The van der Waals surface area contributed by atoms with Crippen LogP contribution in [0.3, 0.4) is 0 Å². The number of pyridine rings is 1. The average molecular weight is 346 g/mol. The third-order valence-corrected chi connectivity index (χ3v) is 3.49. The van der Waals surface area contributed by atoms with Gasteiger partial charge in [-0.25, -0.2) is 4.98 Å². The summed E-state index contributed by atoms with van der Waals surface area (Å²) in [7, 11) is 0. The molecule has 3 aromatic rings. The zero-order valence-electron chi connectivity index (χ0n) is 9.55. The van der Waals surface area contributed by atoms with Crippen LogP contribution in [0.25, 0.3) is 16.9 Å². The van der Waals surface area contributed by atoms with E-state index >= 15 is 0 Å². The van der Waals surface area contributed by atoms with Crippen LogP contribution in [0.4, 0.5) is 0 Å². The molecule has 3 rings (SSSR count). The fourth-order valence-corrected chi connectivity index (χ4v) is 2.36. The number of benzene rings is 1. The minimum atomic E-state index is 0.0731. The van der Waals surface area contributed by atoms with Crippen molar-refractivity contribution in [1.29, 1.82) is 0 Å². The maximum Gasteiger partial charge on any atom is 0.137 e. The first-order valence-electron chi connectivity index (χ1n) is 5.61. The van der Waals surface area contributed by atoms with E-state index in [4.69, 9.17) is 5.11 Å². The molecule has 18 heavy (non-hydrogen) atoms. The van der Waals surface area contributed by atoms with E-state index in [2.05, 4.69) is 33.8 Å². The number of aliphatic hydroxyl groups excluding tert-OH is 1. The Hall–Kier alpha value is -1.40. The Kier molecular flexibility index (Phi) is 3.05. The van der Waals surface area contributed by atoms with E-state index in [9.17, 15) is 0 Å². The first-order valence-corrected chi connectivity index (χ1v) is 6.68. The normalized spacial score (nSPS) is 11.0. The number of nitrogens with zero attached hydrogens (tertiary/aromatic N) is 2. The molecule has 90 valence electrons. The third-order valence-electron chi connectivity index (χ3n) is 2.85. The molecular weight excluding hydrogens is 335 g/mol. The second kappa shape index (κ2) is 4.70. The number of imidazole rings is 1. The number of rotatable bonds is 2. The van der Waals surface area contributed by atoms with Crippen LogP contribution >= 0.6 is 22.6 Å². The van der Waals surface area contributed by atoms with Gasteiger partial charge in [-0.05, 0) is 40.3 Å². The van der Waals surface area contributed by atoms with Crippen molar-refractivity contribution in [2.24, 2.45) is 0 Å². The van der Waals surface area contributed by atoms with Crippen molar-refractivity contribution in [2.45, 2.75) is 6.61 Å². The topological polar surface area (TPSA) is 37.5 Å². The standard InChI is InChI=1S/C14H11IN2O/c15-12-5-6-14-16-13(8-17(14)7-12)11-3-1-10(9-18)2-4-11/h1-8,18H,9H2/i15-4. The predicted octanol–water partition coefficient (Wildman–Crippen LogP) is 3.10. The number of aliphatic hydroxyl groups is 1. The molecule has 0 saturated carbocycles. The molecule has 0 amide bonds. The molecule has 0 radical (unpaired) electrons. The highest BCUT2D eigenvalue weighted by Gasteiger charge is 2.04. The SMILES string of the molecule is OCc1ccc(-c2cn3cc([123I])ccc3n2)cc1. The van der Waals surface area contributed by atoms with E-state index in [1.165, 1.54) is 3.57 Å². The average Bonchev–Trinajstić information content (AvgIpc) is 2.81. The molecule has 0 unspecified atom stereocenters. The summed E-state index contributed by atoms with van der Waals surface area (Å²) in [6.07, 6.45) is 4.07. The predicted molar refractivity (Wildman–Crippen MR) is 79.3 cm³/mol. The Morgan fingerprint density at radius 3 is 2.56 bits per heavy atom. The molecule has 0 aliphatic carbocycles. The number of aromatic nitrogens is 2. The van der Waals surface area contributed by atoms with Crippen molar-refractivity contribution < 1.29 is 5.11 Å². The lowest BCUT2D eigenvalue weighted by atomic mass is 10.1. The fraction of sp³-hybridized carbons (Fsp3) is 0.0714. The molecule has 2 heterocycles. The number of hydrogen-bond acceptors (Lipinski definition) is 2. The van der Waals surface area contributed by atoms with Gasteiger partial charge in [0.15, 0.2) is 0 Å². The summed E-state index contributed by atoms with van der Waals surface area (Å²) in [5.41, 5.74) is 3.86. The van der Waals surface area contributed by atoms with Crippen LogP contribution in [0.2, 0.25) is 0 Å². The molecule has 1 N–H and O–H groups in total. The maximum atomic E-state index is 9.02. The lowest BCUT2D eigenvalue weighted by Crippen LogP contribution is -1.83. The van der Waals surface area contributed by atoms with Crippen molar-refractivity contribution in [1.82, 2.24) is 9.38 Å². The Labute approximate surface area is 118 Å². The lowest BCUT2D eigenvalue weighted by Gasteiger charge is -1.98. The van der Waals surface area contributed by atoms with Crippen LogP contribution in [-0.4, -0.2) is 14.5 Å². The smallest absolute Gasteiger partial charge is 0.137 e. The summed E-state index contributed by atoms with van der Waals surface area (Å²) < 4.78 is 3.21. The highest BCUT2D eigenvalue weighted by molar-refractivity contribution is 14.1. The summed E-state index contributed by atoms with van der Waals surface area (Å²) in [4.78, 5) is 4.58. The molecule has 3 nitrogen and oxygen atoms in total. The van der Waals surface area contributed by atoms with E-state index in [0.717, 1.165) is 22.5 Å². The number of fused-ring (bicyclic) bond motifs is 1. The van der Waals surface area contributed by atoms with E-state index in [1.54, 1.807) is 0 Å². The molecule has 1 aromatic carbocycles. The van der Waals surface area contributed by atoms with Crippen molar-refractivity contribution in [3.8, 4) is 11.3 Å². The van der Waals surface area contributed by atoms with Crippen molar-refractivity contribution in [3.05, 3.63) is 57.9 Å². The minimum absolute atomic E-state index is 0.0731. The first-order chi connectivity index (χ1) is 8.76. The molecular formula is C14H11IN2O. The van der Waals surface area contributed by atoms with Gasteiger partial charge in [-0.2, -0.15) is 0 Å². The van der Waals surface area contributed by atoms with E-state index in [1.807, 2.05) is 47.0 Å². The van der Waals surface area contributed by atoms with Crippen molar-refractivity contribution in [3.63, 3.8) is 0 Å². The Morgan fingerprint density at radius 2 is 1.83 bits per heavy atom. The van der Waals surface area contributed by atoms with Gasteiger partial charge in [0.2, 0.25) is 0 Å². The van der Waals surface area contributed by atoms with Gasteiger partial charge in [0, 0.05) is 21.5 Å². The molecule has 0 fully saturated rings. The quantitative estimate of drug-likeness (QED) is 0.724. The van der Waals surface area contributed by atoms with Crippen molar-refractivity contribution in [2.75, 3.05) is 0 Å². The molecule has 0 bridgehead atoms. The van der Waals surface area contributed by atoms with Gasteiger partial charge in [-0.3, -0.25) is 0 Å². The second-order valence-electron chi connectivity index (χ2n) is 4.09. The van der Waals surface area contributed by atoms with Gasteiger partial charge in [0.25, 0.3) is 0 Å². The third kappa shape index (κ3) is 2.13. The molecule has 0 saturated heterocycles. The highest BCUT2D eigenvalue weighted by atomic mass is 123. The van der Waals surface area contributed by atoms with Gasteiger partial charge < -0.3 is 9.51 Å². The van der Waals surface area contributed by atoms with E-state index in [-0.39, 0.29) is 6.61 Å². The fourth-order valence-electron chi connectivity index (χ4n) is 1.88. The molecule has 0 atom stereocenters. The zero-order chi connectivity index (χ0) is 12.5. The lowest BCUT2D eigenvalue weighted by molar-refractivity contribution is 0.282. The monoisotopic (exact) mass is 346 g/mol. The second-order valence-corrected chi connectivity index (χ2v) is 5.34. The zero-order valence-corrected chi connectivity index (χ0v) is 11.7. The molecule has 2 aromatic heterocycles. The van der Waals surface area contributed by atoms with Crippen LogP contribution in [0.1, 0.15) is 5.56 Å². The Bertz CT molecular complexity index is 689. The van der Waals surface area contributed by atoms with Gasteiger partial charge in [0.05, 0.1) is 12.3 Å². The van der Waals surface area contributed by atoms with Crippen LogP contribution < -0.4 is 0 Å². The van der Waals surface area contributed by atoms with Gasteiger partial charge in [-0.15, -0.1) is 0 Å². The first kappa shape index (κ1) is 11.7. The number of halogens is 1. The maximum absolute atomic E-state index is 9.02. The molecule has 0 aliphatic rings. The van der Waals surface area contributed by atoms with E-state index in [0.29, 0.717) is 0 Å². The largest absolute Gasteiger partial charge is 0.392 e. The van der Waals surface area contributed by atoms with Gasteiger partial charge in [-0.1, -0.05) is 24.3 Å². The molecule has 4 heteroatoms. The van der Waals surface area contributed by atoms with E-state index < -0.39 is 0 Å². The van der Waals surface area contributed by atoms with Gasteiger partial charge in [0.1, 0.15) is 5.65 Å². The number of hydrogen-bond donors (Lipinski definition) is 1. The summed E-state index contributed by atoms with van der Waals surface area (Å²) in [5, 5.41) is 9.02. The van der Waals surface area contributed by atoms with Crippen LogP contribution in [0, 0.1) is 3.57 Å². The minimum Gasteiger partial charge on any atom is -0.392 e. The summed E-state index contributed by atoms with van der Waals surface area (Å²) in [6.45, 7) is 0.0731. The molecule has 0 spiro atoms. The summed E-state index contributed by atoms with van der Waals surface area (Å²) in [5.74, 6) is 0. The Morgan fingerprint density at radius 1 is 1.06 bits per heavy atom. The van der Waals surface area contributed by atoms with Crippen molar-refractivity contribution >= 4 is 28.2 Å². The highest BCUT2D eigenvalue weighted by Crippen LogP contribution is 2.20. The Balaban J connectivity index is 2.07. The van der Waals surface area contributed by atoms with Crippen LogP contribution in [-0.2, 0) is 6.61 Å². The molecule has 0 aliphatic heterocycles. The van der Waals surface area contributed by atoms with Gasteiger partial charge >= 0.3 is 0 Å². The summed E-state index contributed by atoms with van der Waals surface area (Å²) in [6, 6.07) is 11.9. The van der Waals surface area contributed by atoms with Crippen LogP contribution in [0.15, 0.2) is 48.8 Å². The summed E-state index contributed by atoms with van der Waals surface area (Å²) >= 11 is 2.28. The van der Waals surface area contributed by atoms with Crippen LogP contribution in [0.5, 0.6) is 0 Å².